The molecule has 1 aliphatic rings. The van der Waals surface area contributed by atoms with Crippen LogP contribution in [0.25, 0.3) is 0 Å². The van der Waals surface area contributed by atoms with Gasteiger partial charge >= 0.3 is 0 Å². The van der Waals surface area contributed by atoms with Gasteiger partial charge in [0.05, 0.1) is 0 Å². The smallest absolute Gasteiger partial charge is 0.256 e. The average Bonchev–Trinajstić information content (AvgIpc) is 3.09. The predicted octanol–water partition coefficient (Wildman–Crippen LogP) is 3.13. The number of benzene rings is 2. The second-order valence-corrected chi connectivity index (χ2v) is 5.20. The van der Waals surface area contributed by atoms with Gasteiger partial charge in [-0.05, 0) is 11.1 Å². The summed E-state index contributed by atoms with van der Waals surface area (Å²) in [5.74, 6) is 0.912. The molecule has 0 bridgehead atoms. The minimum absolute atomic E-state index is 0.120. The second kappa shape index (κ2) is 5.96. The topological polar surface area (TPSA) is 60.3 Å². The van der Waals surface area contributed by atoms with Crippen LogP contribution in [0.5, 0.6) is 0 Å². The SMILES string of the molecule is c1ccc(C2N=C(c3ncncn3)OC2c2ccccc2)cc1. The van der Waals surface area contributed by atoms with Gasteiger partial charge in [-0.3, -0.25) is 0 Å². The molecule has 2 aromatic carbocycles. The van der Waals surface area contributed by atoms with Crippen molar-refractivity contribution in [2.45, 2.75) is 12.1 Å². The third kappa shape index (κ3) is 2.68. The molecular formula is C18H14N4O. The normalized spacial score (nSPS) is 19.9. The zero-order chi connectivity index (χ0) is 15.5. The van der Waals surface area contributed by atoms with E-state index in [1.807, 2.05) is 48.5 Å². The highest BCUT2D eigenvalue weighted by Crippen LogP contribution is 2.40. The average molecular weight is 302 g/mol. The lowest BCUT2D eigenvalue weighted by Crippen LogP contribution is -2.11. The Morgan fingerprint density at radius 2 is 1.35 bits per heavy atom. The Balaban J connectivity index is 1.75. The molecule has 0 spiro atoms. The van der Waals surface area contributed by atoms with Crippen LogP contribution < -0.4 is 0 Å². The summed E-state index contributed by atoms with van der Waals surface area (Å²) in [6.07, 6.45) is 2.70. The summed E-state index contributed by atoms with van der Waals surface area (Å²) >= 11 is 0. The number of aliphatic imine (C=N–C) groups is 1. The van der Waals surface area contributed by atoms with E-state index in [0.717, 1.165) is 11.1 Å². The Bertz CT molecular complexity index is 806. The van der Waals surface area contributed by atoms with E-state index < -0.39 is 0 Å². The van der Waals surface area contributed by atoms with Crippen molar-refractivity contribution in [1.29, 1.82) is 0 Å². The molecule has 1 aromatic heterocycles. The predicted molar refractivity (Wildman–Crippen MR) is 85.8 cm³/mol. The number of rotatable bonds is 3. The lowest BCUT2D eigenvalue weighted by molar-refractivity contribution is 0.196. The molecule has 0 N–H and O–H groups in total. The standard InChI is InChI=1S/C18H14N4O/c1-3-7-13(8-4-1)15-16(14-9-5-2-6-10-14)23-18(22-15)17-20-11-19-12-21-17/h1-12,15-16H. The highest BCUT2D eigenvalue weighted by Gasteiger charge is 2.34. The van der Waals surface area contributed by atoms with Crippen molar-refractivity contribution in [3.63, 3.8) is 0 Å². The van der Waals surface area contributed by atoms with Crippen molar-refractivity contribution in [2.75, 3.05) is 0 Å². The molecule has 0 aliphatic carbocycles. The highest BCUT2D eigenvalue weighted by atomic mass is 16.5. The highest BCUT2D eigenvalue weighted by molar-refractivity contribution is 5.91. The molecule has 2 atom stereocenters. The van der Waals surface area contributed by atoms with E-state index in [1.54, 1.807) is 0 Å². The number of ether oxygens (including phenoxy) is 1. The van der Waals surface area contributed by atoms with Crippen LogP contribution >= 0.6 is 0 Å². The summed E-state index contributed by atoms with van der Waals surface area (Å²) in [6, 6.07) is 20.1. The van der Waals surface area contributed by atoms with E-state index in [-0.39, 0.29) is 12.1 Å². The summed E-state index contributed by atoms with van der Waals surface area (Å²) < 4.78 is 6.10. The molecule has 2 unspecified atom stereocenters. The van der Waals surface area contributed by atoms with Crippen LogP contribution in [0.1, 0.15) is 29.1 Å². The minimum Gasteiger partial charge on any atom is -0.464 e. The monoisotopic (exact) mass is 302 g/mol. The molecule has 112 valence electrons. The molecule has 23 heavy (non-hydrogen) atoms. The largest absolute Gasteiger partial charge is 0.464 e. The van der Waals surface area contributed by atoms with E-state index in [1.165, 1.54) is 12.7 Å². The van der Waals surface area contributed by atoms with Crippen LogP contribution in [0.4, 0.5) is 0 Å². The van der Waals surface area contributed by atoms with Crippen molar-refractivity contribution in [2.24, 2.45) is 4.99 Å². The second-order valence-electron chi connectivity index (χ2n) is 5.20. The molecule has 0 amide bonds. The van der Waals surface area contributed by atoms with Gasteiger partial charge in [-0.15, -0.1) is 0 Å². The summed E-state index contributed by atoms with van der Waals surface area (Å²) in [6.45, 7) is 0. The van der Waals surface area contributed by atoms with Gasteiger partial charge in [-0.2, -0.15) is 0 Å². The maximum atomic E-state index is 6.10. The molecule has 0 radical (unpaired) electrons. The maximum Gasteiger partial charge on any atom is 0.256 e. The maximum absolute atomic E-state index is 6.10. The van der Waals surface area contributed by atoms with Gasteiger partial charge in [-0.1, -0.05) is 60.7 Å². The number of hydrogen-bond acceptors (Lipinski definition) is 5. The van der Waals surface area contributed by atoms with Gasteiger partial charge in [0.25, 0.3) is 5.90 Å². The van der Waals surface area contributed by atoms with Crippen LogP contribution in [0.2, 0.25) is 0 Å². The van der Waals surface area contributed by atoms with Gasteiger partial charge < -0.3 is 4.74 Å². The van der Waals surface area contributed by atoms with Crippen LogP contribution in [-0.4, -0.2) is 20.8 Å². The van der Waals surface area contributed by atoms with Gasteiger partial charge in [0.1, 0.15) is 18.7 Å². The Kier molecular flexibility index (Phi) is 3.52. The van der Waals surface area contributed by atoms with Gasteiger partial charge in [-0.25, -0.2) is 19.9 Å². The lowest BCUT2D eigenvalue weighted by Gasteiger charge is -2.18. The van der Waals surface area contributed by atoms with Crippen molar-refractivity contribution in [3.05, 3.63) is 90.3 Å². The fourth-order valence-electron chi connectivity index (χ4n) is 2.66. The Labute approximate surface area is 133 Å². The van der Waals surface area contributed by atoms with Gasteiger partial charge in [0, 0.05) is 0 Å². The zero-order valence-electron chi connectivity index (χ0n) is 12.3. The fourth-order valence-corrected chi connectivity index (χ4v) is 2.66. The molecule has 4 rings (SSSR count). The van der Waals surface area contributed by atoms with Crippen LogP contribution in [0.15, 0.2) is 78.3 Å². The zero-order valence-corrected chi connectivity index (χ0v) is 12.3. The lowest BCUT2D eigenvalue weighted by atomic mass is 9.97. The molecule has 1 aliphatic heterocycles. The van der Waals surface area contributed by atoms with Crippen molar-refractivity contribution < 1.29 is 4.74 Å². The number of hydrogen-bond donors (Lipinski definition) is 0. The van der Waals surface area contributed by atoms with Crippen LogP contribution in [-0.2, 0) is 4.74 Å². The van der Waals surface area contributed by atoms with Gasteiger partial charge in [0.2, 0.25) is 5.82 Å². The Morgan fingerprint density at radius 1 is 0.739 bits per heavy atom. The molecule has 5 nitrogen and oxygen atoms in total. The molecule has 0 fully saturated rings. The number of nitrogens with zero attached hydrogens (tertiary/aromatic N) is 4. The summed E-state index contributed by atoms with van der Waals surface area (Å²) in [7, 11) is 0. The molecule has 5 heteroatoms. The van der Waals surface area contributed by atoms with E-state index in [4.69, 9.17) is 9.73 Å². The van der Waals surface area contributed by atoms with Crippen molar-refractivity contribution >= 4 is 5.90 Å². The van der Waals surface area contributed by atoms with Gasteiger partial charge in [0.15, 0.2) is 6.10 Å². The summed E-state index contributed by atoms with van der Waals surface area (Å²) in [5, 5.41) is 0. The minimum atomic E-state index is -0.189. The number of aromatic nitrogens is 3. The van der Waals surface area contributed by atoms with Crippen LogP contribution in [0.3, 0.4) is 0 Å². The molecule has 0 saturated carbocycles. The van der Waals surface area contributed by atoms with E-state index in [2.05, 4.69) is 27.1 Å². The molecule has 2 heterocycles. The Morgan fingerprint density at radius 3 is 2.00 bits per heavy atom. The van der Waals surface area contributed by atoms with E-state index in [0.29, 0.717) is 11.7 Å². The first kappa shape index (κ1) is 13.6. The molecule has 3 aromatic rings. The molecular weight excluding hydrogens is 288 g/mol. The molecule has 0 saturated heterocycles. The van der Waals surface area contributed by atoms with E-state index >= 15 is 0 Å². The van der Waals surface area contributed by atoms with Crippen LogP contribution in [0, 0.1) is 0 Å². The first-order valence-corrected chi connectivity index (χ1v) is 7.38. The summed E-state index contributed by atoms with van der Waals surface area (Å²) in [5.41, 5.74) is 2.18. The third-order valence-electron chi connectivity index (χ3n) is 3.74. The fraction of sp³-hybridized carbons (Fsp3) is 0.111. The van der Waals surface area contributed by atoms with E-state index in [9.17, 15) is 0 Å². The van der Waals surface area contributed by atoms with Crippen molar-refractivity contribution in [3.8, 4) is 0 Å². The first-order chi connectivity index (χ1) is 11.4. The van der Waals surface area contributed by atoms with Crippen molar-refractivity contribution in [1.82, 2.24) is 15.0 Å². The quantitative estimate of drug-likeness (QED) is 0.746. The third-order valence-corrected chi connectivity index (χ3v) is 3.74. The summed E-state index contributed by atoms with van der Waals surface area (Å²) in [4.78, 5) is 16.8. The first-order valence-electron chi connectivity index (χ1n) is 7.38. The Hall–Kier alpha value is -3.08.